The fraction of sp³-hybridized carbons (Fsp3) is 0. The second-order valence-corrected chi connectivity index (χ2v) is 4.49. The van der Waals surface area contributed by atoms with Crippen LogP contribution in [0, 0.1) is 15.9 Å². The van der Waals surface area contributed by atoms with Crippen LogP contribution < -0.4 is 0 Å². The average Bonchev–Trinajstić information content (AvgIpc) is 2.47. The molecule has 0 atom stereocenters. The van der Waals surface area contributed by atoms with E-state index in [1.807, 2.05) is 0 Å². The van der Waals surface area contributed by atoms with Crippen LogP contribution in [0.4, 0.5) is 10.1 Å². The Labute approximate surface area is 87.7 Å². The van der Waals surface area contributed by atoms with Gasteiger partial charge in [-0.1, -0.05) is 0 Å². The number of rotatable bonds is 1. The maximum absolute atomic E-state index is 13.2. The summed E-state index contributed by atoms with van der Waals surface area (Å²) < 4.78 is 14.1. The van der Waals surface area contributed by atoms with Crippen molar-refractivity contribution in [1.82, 2.24) is 0 Å². The molecule has 0 unspecified atom stereocenters. The Morgan fingerprint density at radius 3 is 2.86 bits per heavy atom. The van der Waals surface area contributed by atoms with Gasteiger partial charge in [0, 0.05) is 11.5 Å². The predicted molar refractivity (Wildman–Crippen MR) is 55.7 cm³/mol. The molecule has 0 saturated carbocycles. The summed E-state index contributed by atoms with van der Waals surface area (Å²) in [5.74, 6) is -0.456. The van der Waals surface area contributed by atoms with E-state index in [4.69, 9.17) is 0 Å². The summed E-state index contributed by atoms with van der Waals surface area (Å²) in [6, 6.07) is 3.76. The Hall–Kier alpha value is -1.14. The molecule has 2 rings (SSSR count). The van der Waals surface area contributed by atoms with E-state index in [-0.39, 0.29) is 11.1 Å². The zero-order chi connectivity index (χ0) is 10.3. The lowest BCUT2D eigenvalue weighted by Crippen LogP contribution is -1.88. The zero-order valence-corrected chi connectivity index (χ0v) is 8.44. The fourth-order valence-electron chi connectivity index (χ4n) is 1.21. The molecule has 0 amide bonds. The summed E-state index contributed by atoms with van der Waals surface area (Å²) in [5, 5.41) is 10.9. The third-order valence-electron chi connectivity index (χ3n) is 1.79. The molecule has 0 radical (unpaired) electrons. The molecule has 2 aromatic rings. The number of thiol groups is 1. The minimum absolute atomic E-state index is 0.0771. The van der Waals surface area contributed by atoms with Crippen LogP contribution in [0.5, 0.6) is 0 Å². The van der Waals surface area contributed by atoms with Gasteiger partial charge < -0.3 is 0 Å². The number of nitrogens with zero attached hydrogens (tertiary/aromatic N) is 1. The number of nitro groups is 1. The molecular weight excluding hydrogens is 225 g/mol. The van der Waals surface area contributed by atoms with Crippen molar-refractivity contribution < 1.29 is 9.31 Å². The summed E-state index contributed by atoms with van der Waals surface area (Å²) in [6.45, 7) is 0. The summed E-state index contributed by atoms with van der Waals surface area (Å²) in [5.41, 5.74) is -0.0771. The van der Waals surface area contributed by atoms with E-state index in [9.17, 15) is 14.5 Å². The molecule has 1 heterocycles. The quantitative estimate of drug-likeness (QED) is 0.463. The molecule has 0 bridgehead atoms. The second kappa shape index (κ2) is 3.21. The number of non-ortho nitro benzene ring substituents is 1. The lowest BCUT2D eigenvalue weighted by molar-refractivity contribution is -0.382. The summed E-state index contributed by atoms with van der Waals surface area (Å²) >= 11 is 5.14. The molecule has 1 aromatic heterocycles. The van der Waals surface area contributed by atoms with E-state index >= 15 is 0 Å². The largest absolute Gasteiger partial charge is 0.287 e. The van der Waals surface area contributed by atoms with E-state index in [0.29, 0.717) is 8.91 Å². The molecule has 0 spiro atoms. The Bertz CT molecular complexity index is 523. The van der Waals surface area contributed by atoms with Crippen molar-refractivity contribution >= 4 is 39.7 Å². The number of fused-ring (bicyclic) bond motifs is 1. The third kappa shape index (κ3) is 1.36. The average molecular weight is 229 g/mol. The van der Waals surface area contributed by atoms with Crippen molar-refractivity contribution in [2.75, 3.05) is 0 Å². The van der Waals surface area contributed by atoms with Crippen molar-refractivity contribution in [3.05, 3.63) is 34.1 Å². The van der Waals surface area contributed by atoms with Crippen LogP contribution in [0.15, 0.2) is 22.4 Å². The topological polar surface area (TPSA) is 43.1 Å². The van der Waals surface area contributed by atoms with E-state index in [1.165, 1.54) is 12.1 Å². The first kappa shape index (κ1) is 9.42. The van der Waals surface area contributed by atoms with Crippen molar-refractivity contribution in [1.29, 1.82) is 0 Å². The van der Waals surface area contributed by atoms with Gasteiger partial charge in [0.2, 0.25) is 0 Å². The lowest BCUT2D eigenvalue weighted by atomic mass is 10.2. The predicted octanol–water partition coefficient (Wildman–Crippen LogP) is 3.24. The normalized spacial score (nSPS) is 10.7. The van der Waals surface area contributed by atoms with Crippen molar-refractivity contribution in [2.24, 2.45) is 0 Å². The molecule has 72 valence electrons. The molecule has 6 heteroatoms. The second-order valence-electron chi connectivity index (χ2n) is 2.65. The van der Waals surface area contributed by atoms with Crippen LogP contribution in [0.25, 0.3) is 10.1 Å². The Morgan fingerprint density at radius 1 is 1.50 bits per heavy atom. The number of nitro benzene ring substituents is 1. The summed E-state index contributed by atoms with van der Waals surface area (Å²) in [4.78, 5) is 10.1. The molecule has 0 aliphatic heterocycles. The molecule has 1 aromatic carbocycles. The molecule has 0 aliphatic carbocycles. The van der Waals surface area contributed by atoms with Crippen LogP contribution >= 0.6 is 24.0 Å². The molecule has 0 saturated heterocycles. The first-order valence-electron chi connectivity index (χ1n) is 3.65. The molecular formula is C8H4FNO2S2. The van der Waals surface area contributed by atoms with Crippen LogP contribution in [0.2, 0.25) is 0 Å². The first-order valence-corrected chi connectivity index (χ1v) is 4.91. The molecule has 0 aliphatic rings. The molecule has 3 nitrogen and oxygen atoms in total. The molecule has 14 heavy (non-hydrogen) atoms. The summed E-state index contributed by atoms with van der Waals surface area (Å²) in [7, 11) is 0. The maximum atomic E-state index is 13.2. The SMILES string of the molecule is O=[N+]([O-])c1ccc(F)c2cc(S)sc12. The van der Waals surface area contributed by atoms with Crippen LogP contribution in [0.1, 0.15) is 0 Å². The number of hydrogen-bond acceptors (Lipinski definition) is 4. The van der Waals surface area contributed by atoms with Crippen molar-refractivity contribution in [3.63, 3.8) is 0 Å². The summed E-state index contributed by atoms with van der Waals surface area (Å²) in [6.07, 6.45) is 0. The van der Waals surface area contributed by atoms with Gasteiger partial charge in [0.15, 0.2) is 0 Å². The molecule has 0 fully saturated rings. The monoisotopic (exact) mass is 229 g/mol. The number of thiophene rings is 1. The fourth-order valence-corrected chi connectivity index (χ4v) is 2.51. The minimum atomic E-state index is -0.522. The van der Waals surface area contributed by atoms with Crippen molar-refractivity contribution in [2.45, 2.75) is 4.21 Å². The van der Waals surface area contributed by atoms with Gasteiger partial charge in [0.1, 0.15) is 10.5 Å². The van der Waals surface area contributed by atoms with E-state index < -0.39 is 10.7 Å². The van der Waals surface area contributed by atoms with Gasteiger partial charge in [-0.05, 0) is 12.1 Å². The highest BCUT2D eigenvalue weighted by Crippen LogP contribution is 2.36. The highest BCUT2D eigenvalue weighted by Gasteiger charge is 2.16. The van der Waals surface area contributed by atoms with Gasteiger partial charge in [-0.15, -0.1) is 24.0 Å². The van der Waals surface area contributed by atoms with Gasteiger partial charge in [-0.25, -0.2) is 4.39 Å². The van der Waals surface area contributed by atoms with Gasteiger partial charge in [-0.2, -0.15) is 0 Å². The van der Waals surface area contributed by atoms with Gasteiger partial charge >= 0.3 is 0 Å². The molecule has 0 N–H and O–H groups in total. The standard InChI is InChI=1S/C8H4FNO2S2/c9-5-1-2-6(10(11)12)8-4(5)3-7(13)14-8/h1-3,13H. The van der Waals surface area contributed by atoms with E-state index in [2.05, 4.69) is 12.6 Å². The zero-order valence-electron chi connectivity index (χ0n) is 6.73. The van der Waals surface area contributed by atoms with Crippen LogP contribution in [0.3, 0.4) is 0 Å². The third-order valence-corrected chi connectivity index (χ3v) is 3.16. The number of halogens is 1. The van der Waals surface area contributed by atoms with Gasteiger partial charge in [-0.3, -0.25) is 10.1 Å². The smallest absolute Gasteiger partial charge is 0.258 e. The van der Waals surface area contributed by atoms with E-state index in [0.717, 1.165) is 17.4 Å². The lowest BCUT2D eigenvalue weighted by Gasteiger charge is -1.93. The van der Waals surface area contributed by atoms with E-state index in [1.54, 1.807) is 0 Å². The van der Waals surface area contributed by atoms with Gasteiger partial charge in [0.25, 0.3) is 5.69 Å². The van der Waals surface area contributed by atoms with Crippen LogP contribution in [-0.4, -0.2) is 4.92 Å². The highest BCUT2D eigenvalue weighted by molar-refractivity contribution is 7.83. The Balaban J connectivity index is 2.87. The maximum Gasteiger partial charge on any atom is 0.287 e. The van der Waals surface area contributed by atoms with Crippen molar-refractivity contribution in [3.8, 4) is 0 Å². The minimum Gasteiger partial charge on any atom is -0.258 e. The number of hydrogen-bond donors (Lipinski definition) is 1. The van der Waals surface area contributed by atoms with Crippen LogP contribution in [-0.2, 0) is 0 Å². The Morgan fingerprint density at radius 2 is 2.21 bits per heavy atom. The number of benzene rings is 1. The highest BCUT2D eigenvalue weighted by atomic mass is 32.2. The first-order chi connectivity index (χ1) is 6.59. The Kier molecular flexibility index (Phi) is 2.16. The van der Waals surface area contributed by atoms with Gasteiger partial charge in [0.05, 0.1) is 9.13 Å².